The van der Waals surface area contributed by atoms with Gasteiger partial charge in [-0.05, 0) is 32.6 Å². The van der Waals surface area contributed by atoms with Crippen molar-refractivity contribution in [2.45, 2.75) is 62.9 Å². The van der Waals surface area contributed by atoms with E-state index in [-0.39, 0.29) is 23.8 Å². The van der Waals surface area contributed by atoms with E-state index in [2.05, 4.69) is 5.32 Å². The predicted octanol–water partition coefficient (Wildman–Crippen LogP) is 1.02. The van der Waals surface area contributed by atoms with Crippen molar-refractivity contribution in [3.05, 3.63) is 0 Å². The molecule has 1 aliphatic heterocycles. The average Bonchev–Trinajstić information content (AvgIpc) is 2.55. The first kappa shape index (κ1) is 13.3. The van der Waals surface area contributed by atoms with Crippen molar-refractivity contribution >= 4 is 11.9 Å². The van der Waals surface area contributed by atoms with Crippen LogP contribution in [-0.2, 0) is 9.59 Å². The molecular formula is C13H22N2O3. The third-order valence-corrected chi connectivity index (χ3v) is 4.37. The Morgan fingerprint density at radius 2 is 2.11 bits per heavy atom. The third-order valence-electron chi connectivity index (χ3n) is 4.37. The van der Waals surface area contributed by atoms with Crippen LogP contribution in [-0.4, -0.2) is 28.1 Å². The zero-order valence-electron chi connectivity index (χ0n) is 10.9. The minimum absolute atomic E-state index is 0.0187. The average molecular weight is 254 g/mol. The summed E-state index contributed by atoms with van der Waals surface area (Å²) in [6, 6.07) is 0. The lowest BCUT2D eigenvalue weighted by Gasteiger charge is -2.33. The first-order valence-electron chi connectivity index (χ1n) is 6.69. The van der Waals surface area contributed by atoms with Gasteiger partial charge in [-0.25, -0.2) is 0 Å². The fourth-order valence-corrected chi connectivity index (χ4v) is 3.30. The first-order chi connectivity index (χ1) is 8.35. The molecule has 0 aromatic heterocycles. The highest BCUT2D eigenvalue weighted by Gasteiger charge is 2.47. The molecule has 5 heteroatoms. The van der Waals surface area contributed by atoms with Gasteiger partial charge in [-0.15, -0.1) is 0 Å². The summed E-state index contributed by atoms with van der Waals surface area (Å²) in [6.07, 6.45) is 6.51. The SMILES string of the molecule is CC(N)(CC1CC2(CCCCC2)NC1=O)C(=O)O. The molecular weight excluding hydrogens is 232 g/mol. The van der Waals surface area contributed by atoms with Gasteiger partial charge < -0.3 is 16.2 Å². The Labute approximate surface area is 107 Å². The van der Waals surface area contributed by atoms with Crippen LogP contribution in [0.5, 0.6) is 0 Å². The van der Waals surface area contributed by atoms with Crippen LogP contribution in [0, 0.1) is 5.92 Å². The van der Waals surface area contributed by atoms with Gasteiger partial charge in [0.1, 0.15) is 5.54 Å². The summed E-state index contributed by atoms with van der Waals surface area (Å²) in [6.45, 7) is 1.48. The lowest BCUT2D eigenvalue weighted by Crippen LogP contribution is -2.47. The highest BCUT2D eigenvalue weighted by Crippen LogP contribution is 2.40. The molecule has 1 saturated heterocycles. The minimum atomic E-state index is -1.32. The van der Waals surface area contributed by atoms with Gasteiger partial charge in [0.2, 0.25) is 5.91 Å². The van der Waals surface area contributed by atoms with Gasteiger partial charge in [0.25, 0.3) is 0 Å². The lowest BCUT2D eigenvalue weighted by molar-refractivity contribution is -0.143. The quantitative estimate of drug-likeness (QED) is 0.701. The van der Waals surface area contributed by atoms with E-state index >= 15 is 0 Å². The minimum Gasteiger partial charge on any atom is -0.480 e. The molecule has 5 nitrogen and oxygen atoms in total. The Bertz CT molecular complexity index is 359. The molecule has 2 aliphatic rings. The molecule has 0 radical (unpaired) electrons. The molecule has 18 heavy (non-hydrogen) atoms. The molecule has 1 aliphatic carbocycles. The molecule has 1 heterocycles. The summed E-state index contributed by atoms with van der Waals surface area (Å²) in [7, 11) is 0. The van der Waals surface area contributed by atoms with Gasteiger partial charge in [-0.2, -0.15) is 0 Å². The number of carboxylic acid groups (broad SMARTS) is 1. The van der Waals surface area contributed by atoms with Crippen LogP contribution in [0.2, 0.25) is 0 Å². The van der Waals surface area contributed by atoms with E-state index in [4.69, 9.17) is 10.8 Å². The Balaban J connectivity index is 2.03. The van der Waals surface area contributed by atoms with Crippen LogP contribution >= 0.6 is 0 Å². The van der Waals surface area contributed by atoms with Crippen molar-refractivity contribution in [1.29, 1.82) is 0 Å². The van der Waals surface area contributed by atoms with Gasteiger partial charge in [0.05, 0.1) is 0 Å². The summed E-state index contributed by atoms with van der Waals surface area (Å²) in [5, 5.41) is 12.1. The van der Waals surface area contributed by atoms with E-state index in [1.54, 1.807) is 0 Å². The van der Waals surface area contributed by atoms with Crippen molar-refractivity contribution in [3.8, 4) is 0 Å². The Kier molecular flexibility index (Phi) is 3.36. The number of nitrogens with two attached hydrogens (primary N) is 1. The van der Waals surface area contributed by atoms with E-state index < -0.39 is 11.5 Å². The van der Waals surface area contributed by atoms with E-state index in [9.17, 15) is 9.59 Å². The maximum absolute atomic E-state index is 12.0. The number of carbonyl (C=O) groups is 2. The van der Waals surface area contributed by atoms with Crippen LogP contribution in [0.1, 0.15) is 51.9 Å². The summed E-state index contributed by atoms with van der Waals surface area (Å²) >= 11 is 0. The fraction of sp³-hybridized carbons (Fsp3) is 0.846. The summed E-state index contributed by atoms with van der Waals surface area (Å²) in [4.78, 5) is 23.0. The number of aliphatic carboxylic acids is 1. The Hall–Kier alpha value is -1.10. The summed E-state index contributed by atoms with van der Waals surface area (Å²) in [5.41, 5.74) is 4.35. The zero-order chi connectivity index (χ0) is 13.4. The lowest BCUT2D eigenvalue weighted by atomic mass is 9.77. The first-order valence-corrected chi connectivity index (χ1v) is 6.69. The van der Waals surface area contributed by atoms with Gasteiger partial charge in [0, 0.05) is 11.5 Å². The molecule has 4 N–H and O–H groups in total. The molecule has 2 rings (SSSR count). The maximum Gasteiger partial charge on any atom is 0.323 e. The van der Waals surface area contributed by atoms with E-state index in [1.165, 1.54) is 13.3 Å². The van der Waals surface area contributed by atoms with E-state index in [0.29, 0.717) is 0 Å². The van der Waals surface area contributed by atoms with E-state index in [0.717, 1.165) is 32.1 Å². The second-order valence-corrected chi connectivity index (χ2v) is 6.16. The zero-order valence-corrected chi connectivity index (χ0v) is 10.9. The van der Waals surface area contributed by atoms with Gasteiger partial charge in [0.15, 0.2) is 0 Å². The Morgan fingerprint density at radius 1 is 1.50 bits per heavy atom. The standard InChI is InChI=1S/C13H22N2O3/c1-12(14,11(17)18)7-9-8-13(15-10(9)16)5-3-2-4-6-13/h9H,2-8,14H2,1H3,(H,15,16)(H,17,18). The maximum atomic E-state index is 12.0. The second kappa shape index (κ2) is 4.53. The van der Waals surface area contributed by atoms with Crippen molar-refractivity contribution in [3.63, 3.8) is 0 Å². The number of carboxylic acids is 1. The molecule has 102 valence electrons. The van der Waals surface area contributed by atoms with Gasteiger partial charge >= 0.3 is 5.97 Å². The number of rotatable bonds is 3. The molecule has 2 atom stereocenters. The van der Waals surface area contributed by atoms with Crippen molar-refractivity contribution in [2.24, 2.45) is 11.7 Å². The summed E-state index contributed by atoms with van der Waals surface area (Å²) < 4.78 is 0. The Morgan fingerprint density at radius 3 is 2.67 bits per heavy atom. The number of nitrogens with one attached hydrogen (secondary N) is 1. The van der Waals surface area contributed by atoms with Crippen molar-refractivity contribution in [1.82, 2.24) is 5.32 Å². The van der Waals surface area contributed by atoms with Crippen LogP contribution in [0.3, 0.4) is 0 Å². The normalized spacial score (nSPS) is 29.9. The molecule has 2 fully saturated rings. The number of amides is 1. The highest BCUT2D eigenvalue weighted by molar-refractivity contribution is 5.84. The number of hydrogen-bond donors (Lipinski definition) is 3. The van der Waals surface area contributed by atoms with Crippen molar-refractivity contribution < 1.29 is 14.7 Å². The smallest absolute Gasteiger partial charge is 0.323 e. The summed E-state index contributed by atoms with van der Waals surface area (Å²) in [5.74, 6) is -1.32. The molecule has 2 unspecified atom stereocenters. The highest BCUT2D eigenvalue weighted by atomic mass is 16.4. The third kappa shape index (κ3) is 2.51. The van der Waals surface area contributed by atoms with Gasteiger partial charge in [-0.1, -0.05) is 19.3 Å². The predicted molar refractivity (Wildman–Crippen MR) is 66.9 cm³/mol. The monoisotopic (exact) mass is 254 g/mol. The molecule has 1 amide bonds. The van der Waals surface area contributed by atoms with Crippen LogP contribution in [0.25, 0.3) is 0 Å². The number of hydrogen-bond acceptors (Lipinski definition) is 3. The van der Waals surface area contributed by atoms with Crippen molar-refractivity contribution in [2.75, 3.05) is 0 Å². The van der Waals surface area contributed by atoms with Crippen LogP contribution in [0.15, 0.2) is 0 Å². The molecule has 0 aromatic rings. The molecule has 1 saturated carbocycles. The molecule has 0 aromatic carbocycles. The topological polar surface area (TPSA) is 92.4 Å². The van der Waals surface area contributed by atoms with Crippen LogP contribution in [0.4, 0.5) is 0 Å². The molecule has 1 spiro atoms. The molecule has 0 bridgehead atoms. The largest absolute Gasteiger partial charge is 0.480 e. The second-order valence-electron chi connectivity index (χ2n) is 6.16. The van der Waals surface area contributed by atoms with Gasteiger partial charge in [-0.3, -0.25) is 9.59 Å². The van der Waals surface area contributed by atoms with E-state index in [1.807, 2.05) is 0 Å². The van der Waals surface area contributed by atoms with Crippen LogP contribution < -0.4 is 11.1 Å². The number of carbonyl (C=O) groups excluding carboxylic acids is 1. The fourth-order valence-electron chi connectivity index (χ4n) is 3.30.